The van der Waals surface area contributed by atoms with Gasteiger partial charge in [0.25, 0.3) is 0 Å². The van der Waals surface area contributed by atoms with Crippen molar-refractivity contribution < 1.29 is 9.53 Å². The van der Waals surface area contributed by atoms with Crippen molar-refractivity contribution in [1.82, 2.24) is 0 Å². The summed E-state index contributed by atoms with van der Waals surface area (Å²) in [4.78, 5) is 12.5. The van der Waals surface area contributed by atoms with Crippen LogP contribution < -0.4 is 4.74 Å². The number of aryl methyl sites for hydroxylation is 1. The third-order valence-corrected chi connectivity index (χ3v) is 4.19. The first-order valence-corrected chi connectivity index (χ1v) is 7.54. The minimum Gasteiger partial charge on any atom is -0.496 e. The Morgan fingerprint density at radius 3 is 2.58 bits per heavy atom. The Balaban J connectivity index is 2.44. The predicted octanol–water partition coefficient (Wildman–Crippen LogP) is 4.60. The van der Waals surface area contributed by atoms with Crippen molar-refractivity contribution >= 4 is 44.3 Å². The average molecular weight is 431 g/mol. The number of halogens is 2. The van der Waals surface area contributed by atoms with Gasteiger partial charge in [0, 0.05) is 19.2 Å². The number of carbonyl (C=O) groups is 1. The van der Waals surface area contributed by atoms with Crippen LogP contribution in [-0.4, -0.2) is 12.9 Å². The molecular weight excluding hydrogens is 419 g/mol. The summed E-state index contributed by atoms with van der Waals surface area (Å²) in [5.74, 6) is 0.800. The highest BCUT2D eigenvalue weighted by Crippen LogP contribution is 2.25. The quantitative estimate of drug-likeness (QED) is 0.525. The summed E-state index contributed by atoms with van der Waals surface area (Å²) in [7, 11) is 1.62. The third-order valence-electron chi connectivity index (χ3n) is 2.83. The Kier molecular flexibility index (Phi) is 4.62. The molecule has 0 radical (unpaired) electrons. The number of hydrogen-bond acceptors (Lipinski definition) is 2. The zero-order valence-corrected chi connectivity index (χ0v) is 14.3. The highest BCUT2D eigenvalue weighted by atomic mass is 127. The molecule has 0 bridgehead atoms. The van der Waals surface area contributed by atoms with Crippen LogP contribution in [-0.2, 0) is 0 Å². The lowest BCUT2D eigenvalue weighted by Crippen LogP contribution is -2.03. The molecule has 2 rings (SSSR count). The molecule has 2 aromatic rings. The molecular formula is C15H12BrIO2. The summed E-state index contributed by atoms with van der Waals surface area (Å²) >= 11 is 5.63. The Labute approximate surface area is 134 Å². The van der Waals surface area contributed by atoms with Gasteiger partial charge in [-0.25, -0.2) is 0 Å². The first kappa shape index (κ1) is 14.5. The third kappa shape index (κ3) is 3.17. The smallest absolute Gasteiger partial charge is 0.194 e. The zero-order valence-electron chi connectivity index (χ0n) is 10.5. The summed E-state index contributed by atoms with van der Waals surface area (Å²) in [5.41, 5.74) is 2.30. The van der Waals surface area contributed by atoms with Gasteiger partial charge in [0.15, 0.2) is 5.78 Å². The molecule has 0 N–H and O–H groups in total. The normalized spacial score (nSPS) is 10.3. The molecule has 0 spiro atoms. The van der Waals surface area contributed by atoms with Gasteiger partial charge < -0.3 is 4.74 Å². The molecule has 0 saturated carbocycles. The topological polar surface area (TPSA) is 26.3 Å². The number of benzene rings is 2. The molecule has 0 aromatic heterocycles. The van der Waals surface area contributed by atoms with Crippen LogP contribution in [0, 0.1) is 10.5 Å². The molecule has 98 valence electrons. The standard InChI is InChI=1S/C15H12BrIO2/c1-9-7-10(3-6-14(9)19-2)15(18)12-8-11(17)4-5-13(12)16/h3-8H,1-2H3. The molecule has 2 aromatic carbocycles. The van der Waals surface area contributed by atoms with Gasteiger partial charge in [0.2, 0.25) is 0 Å². The van der Waals surface area contributed by atoms with Gasteiger partial charge in [-0.2, -0.15) is 0 Å². The fraction of sp³-hybridized carbons (Fsp3) is 0.133. The van der Waals surface area contributed by atoms with Crippen molar-refractivity contribution in [3.05, 3.63) is 61.1 Å². The maximum atomic E-state index is 12.5. The second-order valence-electron chi connectivity index (χ2n) is 4.14. The lowest BCUT2D eigenvalue weighted by molar-refractivity contribution is 0.103. The lowest BCUT2D eigenvalue weighted by atomic mass is 10.0. The molecule has 0 aliphatic rings. The summed E-state index contributed by atoms with van der Waals surface area (Å²) in [5, 5.41) is 0. The second kappa shape index (κ2) is 6.05. The van der Waals surface area contributed by atoms with Gasteiger partial charge >= 0.3 is 0 Å². The summed E-state index contributed by atoms with van der Waals surface area (Å²) in [6, 6.07) is 11.2. The van der Waals surface area contributed by atoms with Crippen molar-refractivity contribution in [3.63, 3.8) is 0 Å². The largest absolute Gasteiger partial charge is 0.496 e. The zero-order chi connectivity index (χ0) is 14.0. The first-order valence-electron chi connectivity index (χ1n) is 5.67. The fourth-order valence-corrected chi connectivity index (χ4v) is 2.76. The van der Waals surface area contributed by atoms with Gasteiger partial charge in [0.05, 0.1) is 7.11 Å². The first-order chi connectivity index (χ1) is 9.02. The van der Waals surface area contributed by atoms with Crippen LogP contribution in [0.3, 0.4) is 0 Å². The maximum Gasteiger partial charge on any atom is 0.194 e. The SMILES string of the molecule is COc1ccc(C(=O)c2cc(I)ccc2Br)cc1C. The van der Waals surface area contributed by atoms with Crippen LogP contribution in [0.2, 0.25) is 0 Å². The Hall–Kier alpha value is -0.880. The monoisotopic (exact) mass is 430 g/mol. The molecule has 0 aliphatic heterocycles. The molecule has 0 fully saturated rings. The van der Waals surface area contributed by atoms with Crippen molar-refractivity contribution in [2.24, 2.45) is 0 Å². The van der Waals surface area contributed by atoms with E-state index in [1.165, 1.54) is 0 Å². The van der Waals surface area contributed by atoms with E-state index in [0.29, 0.717) is 11.1 Å². The molecule has 0 heterocycles. The van der Waals surface area contributed by atoms with E-state index in [2.05, 4.69) is 38.5 Å². The van der Waals surface area contributed by atoms with Crippen LogP contribution in [0.5, 0.6) is 5.75 Å². The highest BCUT2D eigenvalue weighted by molar-refractivity contribution is 14.1. The number of rotatable bonds is 3. The Morgan fingerprint density at radius 2 is 1.95 bits per heavy atom. The van der Waals surface area contributed by atoms with Crippen molar-refractivity contribution in [2.45, 2.75) is 6.92 Å². The van der Waals surface area contributed by atoms with Crippen LogP contribution >= 0.6 is 38.5 Å². The summed E-state index contributed by atoms with van der Waals surface area (Å²) in [6.45, 7) is 1.93. The molecule has 0 atom stereocenters. The van der Waals surface area contributed by atoms with E-state index in [1.807, 2.05) is 37.3 Å². The van der Waals surface area contributed by atoms with E-state index in [0.717, 1.165) is 19.4 Å². The number of methoxy groups -OCH3 is 1. The van der Waals surface area contributed by atoms with E-state index in [1.54, 1.807) is 13.2 Å². The van der Waals surface area contributed by atoms with E-state index < -0.39 is 0 Å². The van der Waals surface area contributed by atoms with Crippen LogP contribution in [0.25, 0.3) is 0 Å². The number of ketones is 1. The van der Waals surface area contributed by atoms with Crippen LogP contribution in [0.15, 0.2) is 40.9 Å². The summed E-state index contributed by atoms with van der Waals surface area (Å²) in [6.07, 6.45) is 0. The van der Waals surface area contributed by atoms with Crippen molar-refractivity contribution in [2.75, 3.05) is 7.11 Å². The predicted molar refractivity (Wildman–Crippen MR) is 88.0 cm³/mol. The molecule has 2 nitrogen and oxygen atoms in total. The molecule has 4 heteroatoms. The Bertz CT molecular complexity index is 638. The molecule has 19 heavy (non-hydrogen) atoms. The number of hydrogen-bond donors (Lipinski definition) is 0. The molecule has 0 unspecified atom stereocenters. The second-order valence-corrected chi connectivity index (χ2v) is 6.24. The highest BCUT2D eigenvalue weighted by Gasteiger charge is 2.14. The van der Waals surface area contributed by atoms with E-state index in [4.69, 9.17) is 4.74 Å². The minimum absolute atomic E-state index is 0.0103. The van der Waals surface area contributed by atoms with Gasteiger partial charge in [-0.1, -0.05) is 15.9 Å². The van der Waals surface area contributed by atoms with Crippen molar-refractivity contribution in [3.8, 4) is 5.75 Å². The lowest BCUT2D eigenvalue weighted by Gasteiger charge is -2.08. The number of ether oxygens (including phenoxy) is 1. The summed E-state index contributed by atoms with van der Waals surface area (Å²) < 4.78 is 7.05. The Morgan fingerprint density at radius 1 is 1.21 bits per heavy atom. The average Bonchev–Trinajstić information content (AvgIpc) is 2.40. The molecule has 0 amide bonds. The van der Waals surface area contributed by atoms with Crippen LogP contribution in [0.4, 0.5) is 0 Å². The van der Waals surface area contributed by atoms with Gasteiger partial charge in [-0.15, -0.1) is 0 Å². The minimum atomic E-state index is 0.0103. The molecule has 0 saturated heterocycles. The van der Waals surface area contributed by atoms with E-state index >= 15 is 0 Å². The maximum absolute atomic E-state index is 12.5. The van der Waals surface area contributed by atoms with Crippen LogP contribution in [0.1, 0.15) is 21.5 Å². The van der Waals surface area contributed by atoms with E-state index in [9.17, 15) is 4.79 Å². The van der Waals surface area contributed by atoms with Crippen molar-refractivity contribution in [1.29, 1.82) is 0 Å². The van der Waals surface area contributed by atoms with Gasteiger partial charge in [0.1, 0.15) is 5.75 Å². The van der Waals surface area contributed by atoms with Gasteiger partial charge in [-0.3, -0.25) is 4.79 Å². The molecule has 0 aliphatic carbocycles. The van der Waals surface area contributed by atoms with E-state index in [-0.39, 0.29) is 5.78 Å². The van der Waals surface area contributed by atoms with Gasteiger partial charge in [-0.05, 0) is 71.5 Å². The fourth-order valence-electron chi connectivity index (χ4n) is 1.85. The number of carbonyl (C=O) groups excluding carboxylic acids is 1.